The molecule has 0 radical (unpaired) electrons. The second-order valence-electron chi connectivity index (χ2n) is 12.4. The molecule has 0 aromatic heterocycles. The highest BCUT2D eigenvalue weighted by Crippen LogP contribution is 2.36. The summed E-state index contributed by atoms with van der Waals surface area (Å²) in [7, 11) is 2.06. The van der Waals surface area contributed by atoms with Gasteiger partial charge in [0, 0.05) is 31.5 Å². The monoisotopic (exact) mass is 599 g/mol. The number of benzene rings is 3. The second kappa shape index (κ2) is 14.7. The maximum atomic E-state index is 13.8. The fraction of sp³-hybridized carbons (Fsp3) is 0.444. The average Bonchev–Trinajstić information content (AvgIpc) is 3.04. The number of carbonyl (C=O) groups excluding carboxylic acids is 2. The van der Waals surface area contributed by atoms with Gasteiger partial charge < -0.3 is 24.8 Å². The van der Waals surface area contributed by atoms with Crippen molar-refractivity contribution in [1.29, 1.82) is 0 Å². The Morgan fingerprint density at radius 3 is 2.43 bits per heavy atom. The lowest BCUT2D eigenvalue weighted by molar-refractivity contribution is -0.120. The van der Waals surface area contributed by atoms with Crippen molar-refractivity contribution in [3.05, 3.63) is 83.9 Å². The van der Waals surface area contributed by atoms with Crippen LogP contribution in [0.1, 0.15) is 61.9 Å². The van der Waals surface area contributed by atoms with Gasteiger partial charge in [0.25, 0.3) is 5.91 Å². The number of likely N-dealkylation sites (N-methyl/N-ethyl adjacent to an activating group) is 1. The first kappa shape index (κ1) is 31.5. The van der Waals surface area contributed by atoms with Crippen molar-refractivity contribution >= 4 is 17.5 Å². The van der Waals surface area contributed by atoms with E-state index in [-0.39, 0.29) is 42.4 Å². The Labute approximate surface area is 261 Å². The number of hydrogen-bond donors (Lipinski definition) is 2. The van der Waals surface area contributed by atoms with Crippen molar-refractivity contribution in [1.82, 2.24) is 9.80 Å². The molecule has 5 rings (SSSR count). The zero-order valence-electron chi connectivity index (χ0n) is 26.1. The van der Waals surface area contributed by atoms with E-state index in [2.05, 4.69) is 36.3 Å². The van der Waals surface area contributed by atoms with E-state index in [1.165, 1.54) is 6.42 Å². The number of para-hydroxylation sites is 2. The number of aliphatic hydroxyl groups excluding tert-OH is 1. The van der Waals surface area contributed by atoms with Crippen LogP contribution in [0.5, 0.6) is 17.2 Å². The summed E-state index contributed by atoms with van der Waals surface area (Å²) < 4.78 is 12.7. The van der Waals surface area contributed by atoms with Crippen LogP contribution in [0.3, 0.4) is 0 Å². The molecule has 2 amide bonds. The Bertz CT molecular complexity index is 1390. The van der Waals surface area contributed by atoms with Crippen LogP contribution in [0.2, 0.25) is 0 Å². The number of fused-ring (bicyclic) bond motifs is 1. The number of anilines is 1. The molecule has 0 spiro atoms. The fourth-order valence-corrected chi connectivity index (χ4v) is 6.13. The van der Waals surface area contributed by atoms with Gasteiger partial charge in [0.1, 0.15) is 17.6 Å². The van der Waals surface area contributed by atoms with Crippen LogP contribution < -0.4 is 14.8 Å². The first-order chi connectivity index (χ1) is 21.3. The Morgan fingerprint density at radius 2 is 1.73 bits per heavy atom. The molecule has 1 saturated carbocycles. The van der Waals surface area contributed by atoms with Gasteiger partial charge in [-0.15, -0.1) is 0 Å². The predicted molar refractivity (Wildman–Crippen MR) is 172 cm³/mol. The van der Waals surface area contributed by atoms with Gasteiger partial charge >= 0.3 is 0 Å². The highest BCUT2D eigenvalue weighted by molar-refractivity contribution is 6.02. The van der Waals surface area contributed by atoms with Crippen LogP contribution in [0.25, 0.3) is 0 Å². The van der Waals surface area contributed by atoms with E-state index in [4.69, 9.17) is 9.47 Å². The molecular weight excluding hydrogens is 554 g/mol. The summed E-state index contributed by atoms with van der Waals surface area (Å²) in [6.45, 7) is 5.54. The van der Waals surface area contributed by atoms with E-state index in [9.17, 15) is 14.7 Å². The van der Waals surface area contributed by atoms with Crippen LogP contribution in [0.15, 0.2) is 72.8 Å². The van der Waals surface area contributed by atoms with Gasteiger partial charge in [0.15, 0.2) is 5.75 Å². The maximum absolute atomic E-state index is 13.8. The number of nitrogens with zero attached hydrogens (tertiary/aromatic N) is 2. The maximum Gasteiger partial charge on any atom is 0.258 e. The highest BCUT2D eigenvalue weighted by Gasteiger charge is 2.35. The van der Waals surface area contributed by atoms with E-state index in [0.717, 1.165) is 42.7 Å². The summed E-state index contributed by atoms with van der Waals surface area (Å²) in [5.41, 5.74) is 2.07. The summed E-state index contributed by atoms with van der Waals surface area (Å²) in [4.78, 5) is 31.0. The SMILES string of the molecule is C[C@@H]1CN([C@H](C)CO)C(=O)c2cccc(NC(=O)C3CCCCC3)c2O[C@@H]1CN(C)Cc1ccc(Oc2ccccc2)cc1. The standard InChI is InChI=1S/C36H45N3O5/c1-25-21-39(26(2)24-40)36(42)31-15-10-16-32(37-35(41)28-11-6-4-7-12-28)34(31)44-33(25)23-38(3)22-27-17-19-30(20-18-27)43-29-13-8-5-9-14-29/h5,8-10,13-20,25-26,28,33,40H,4,6-7,11-12,21-24H2,1-3H3,(H,37,41)/t25-,26-,33-/m1/s1. The Balaban J connectivity index is 1.34. The molecule has 2 aliphatic rings. The minimum atomic E-state index is -0.355. The van der Waals surface area contributed by atoms with E-state index < -0.39 is 0 Å². The average molecular weight is 600 g/mol. The zero-order chi connectivity index (χ0) is 31.1. The summed E-state index contributed by atoms with van der Waals surface area (Å²) in [6.07, 6.45) is 4.78. The number of aliphatic hydroxyl groups is 1. The molecule has 44 heavy (non-hydrogen) atoms. The molecular formula is C36H45N3O5. The highest BCUT2D eigenvalue weighted by atomic mass is 16.5. The molecule has 1 aliphatic carbocycles. The number of ether oxygens (including phenoxy) is 2. The van der Waals surface area contributed by atoms with E-state index in [1.54, 1.807) is 17.0 Å². The normalized spacial score (nSPS) is 19.8. The van der Waals surface area contributed by atoms with Crippen molar-refractivity contribution in [3.8, 4) is 17.2 Å². The molecule has 0 bridgehead atoms. The van der Waals surface area contributed by atoms with Crippen molar-refractivity contribution < 1.29 is 24.2 Å². The summed E-state index contributed by atoms with van der Waals surface area (Å²) in [5, 5.41) is 13.1. The molecule has 8 heteroatoms. The molecule has 3 aromatic rings. The Morgan fingerprint density at radius 1 is 1.02 bits per heavy atom. The van der Waals surface area contributed by atoms with Crippen LogP contribution in [0, 0.1) is 11.8 Å². The first-order valence-electron chi connectivity index (χ1n) is 15.8. The smallest absolute Gasteiger partial charge is 0.258 e. The van der Waals surface area contributed by atoms with Gasteiger partial charge in [0.2, 0.25) is 5.91 Å². The fourth-order valence-electron chi connectivity index (χ4n) is 6.13. The lowest BCUT2D eigenvalue weighted by Gasteiger charge is -2.38. The molecule has 1 aliphatic heterocycles. The molecule has 3 aromatic carbocycles. The number of carbonyl (C=O) groups is 2. The topological polar surface area (TPSA) is 91.3 Å². The van der Waals surface area contributed by atoms with Crippen LogP contribution in [0.4, 0.5) is 5.69 Å². The number of amides is 2. The van der Waals surface area contributed by atoms with Gasteiger partial charge in [-0.25, -0.2) is 0 Å². The zero-order valence-corrected chi connectivity index (χ0v) is 26.1. The van der Waals surface area contributed by atoms with Crippen LogP contribution in [-0.4, -0.2) is 65.6 Å². The first-order valence-corrected chi connectivity index (χ1v) is 15.8. The van der Waals surface area contributed by atoms with Gasteiger partial charge in [-0.1, -0.05) is 62.6 Å². The number of rotatable bonds is 10. The van der Waals surface area contributed by atoms with E-state index >= 15 is 0 Å². The summed E-state index contributed by atoms with van der Waals surface area (Å²) >= 11 is 0. The van der Waals surface area contributed by atoms with Gasteiger partial charge in [-0.2, -0.15) is 0 Å². The summed E-state index contributed by atoms with van der Waals surface area (Å²) in [5.74, 6) is 1.70. The molecule has 1 fully saturated rings. The molecule has 3 atom stereocenters. The van der Waals surface area contributed by atoms with Crippen molar-refractivity contribution in [3.63, 3.8) is 0 Å². The Kier molecular flexibility index (Phi) is 10.6. The third-order valence-electron chi connectivity index (χ3n) is 8.77. The van der Waals surface area contributed by atoms with Gasteiger partial charge in [0.05, 0.1) is 23.9 Å². The third kappa shape index (κ3) is 7.79. The quantitative estimate of drug-likeness (QED) is 0.282. The second-order valence-corrected chi connectivity index (χ2v) is 12.4. The van der Waals surface area contributed by atoms with Gasteiger partial charge in [-0.05, 0) is 68.8 Å². The molecule has 1 heterocycles. The number of hydrogen-bond acceptors (Lipinski definition) is 6. The third-order valence-corrected chi connectivity index (χ3v) is 8.77. The predicted octanol–water partition coefficient (Wildman–Crippen LogP) is 6.35. The Hall–Kier alpha value is -3.88. The molecule has 8 nitrogen and oxygen atoms in total. The van der Waals surface area contributed by atoms with Crippen molar-refractivity contribution in [2.75, 3.05) is 32.1 Å². The largest absolute Gasteiger partial charge is 0.486 e. The lowest BCUT2D eigenvalue weighted by Crippen LogP contribution is -2.49. The lowest BCUT2D eigenvalue weighted by atomic mass is 9.88. The summed E-state index contributed by atoms with van der Waals surface area (Å²) in [6, 6.07) is 22.8. The van der Waals surface area contributed by atoms with E-state index in [1.807, 2.05) is 55.5 Å². The minimum absolute atomic E-state index is 0.0156. The molecule has 234 valence electrons. The minimum Gasteiger partial charge on any atom is -0.486 e. The van der Waals surface area contributed by atoms with Crippen molar-refractivity contribution in [2.45, 2.75) is 64.6 Å². The number of nitrogens with one attached hydrogen (secondary N) is 1. The molecule has 0 saturated heterocycles. The molecule has 0 unspecified atom stereocenters. The van der Waals surface area contributed by atoms with Crippen LogP contribution in [-0.2, 0) is 11.3 Å². The van der Waals surface area contributed by atoms with Gasteiger partial charge in [-0.3, -0.25) is 14.5 Å². The van der Waals surface area contributed by atoms with Crippen LogP contribution >= 0.6 is 0 Å². The van der Waals surface area contributed by atoms with E-state index in [0.29, 0.717) is 36.6 Å². The van der Waals surface area contributed by atoms with Crippen molar-refractivity contribution in [2.24, 2.45) is 11.8 Å². The molecule has 2 N–H and O–H groups in total.